The van der Waals surface area contributed by atoms with Gasteiger partial charge in [-0.1, -0.05) is 6.42 Å². The van der Waals surface area contributed by atoms with E-state index in [-0.39, 0.29) is 12.5 Å². The first-order valence-electron chi connectivity index (χ1n) is 5.53. The fourth-order valence-electron chi connectivity index (χ4n) is 2.19. The van der Waals surface area contributed by atoms with Crippen molar-refractivity contribution >= 4 is 11.9 Å². The summed E-state index contributed by atoms with van der Waals surface area (Å²) in [6.45, 7) is 0.252. The highest BCUT2D eigenvalue weighted by atomic mass is 16.4. The van der Waals surface area contributed by atoms with Gasteiger partial charge in [0, 0.05) is 0 Å². The molecule has 7 nitrogen and oxygen atoms in total. The highest BCUT2D eigenvalue weighted by Gasteiger charge is 2.37. The Bertz CT molecular complexity index is 404. The monoisotopic (exact) mass is 238 g/mol. The van der Waals surface area contributed by atoms with Gasteiger partial charge in [-0.05, 0) is 12.8 Å². The van der Waals surface area contributed by atoms with Crippen LogP contribution in [0.25, 0.3) is 0 Å². The lowest BCUT2D eigenvalue weighted by Gasteiger charge is -2.14. The van der Waals surface area contributed by atoms with E-state index in [1.165, 1.54) is 6.33 Å². The summed E-state index contributed by atoms with van der Waals surface area (Å²) in [6, 6.07) is 0. The van der Waals surface area contributed by atoms with Gasteiger partial charge in [-0.25, -0.2) is 4.98 Å². The number of carbonyl (C=O) groups excluding carboxylic acids is 1. The molecule has 2 rings (SSSR count). The summed E-state index contributed by atoms with van der Waals surface area (Å²) < 4.78 is 0. The van der Waals surface area contributed by atoms with Crippen LogP contribution in [0.5, 0.6) is 0 Å². The van der Waals surface area contributed by atoms with Gasteiger partial charge in [0.1, 0.15) is 12.2 Å². The second kappa shape index (κ2) is 4.94. The molecule has 1 aromatic heterocycles. The first kappa shape index (κ1) is 11.6. The summed E-state index contributed by atoms with van der Waals surface area (Å²) in [4.78, 5) is 26.6. The predicted molar refractivity (Wildman–Crippen MR) is 56.7 cm³/mol. The van der Waals surface area contributed by atoms with E-state index in [2.05, 4.69) is 20.5 Å². The third-order valence-electron chi connectivity index (χ3n) is 3.06. The highest BCUT2D eigenvalue weighted by Crippen LogP contribution is 2.31. The number of carboxylic acid groups (broad SMARTS) is 1. The number of hydrogen-bond donors (Lipinski definition) is 3. The van der Waals surface area contributed by atoms with Crippen LogP contribution >= 0.6 is 0 Å². The van der Waals surface area contributed by atoms with Crippen molar-refractivity contribution in [3.8, 4) is 0 Å². The van der Waals surface area contributed by atoms with Crippen LogP contribution in [0.15, 0.2) is 6.33 Å². The number of amides is 1. The Morgan fingerprint density at radius 2 is 2.24 bits per heavy atom. The third kappa shape index (κ3) is 2.61. The number of carboxylic acids is 1. The highest BCUT2D eigenvalue weighted by molar-refractivity contribution is 5.85. The molecular formula is C10H14N4O3. The molecule has 3 N–H and O–H groups in total. The molecule has 0 aliphatic heterocycles. The fraction of sp³-hybridized carbons (Fsp3) is 0.600. The Morgan fingerprint density at radius 1 is 1.47 bits per heavy atom. The standard InChI is InChI=1S/C10H14N4O3/c15-9(11-4-8-12-5-13-14-8)6-2-1-3-7(6)10(16)17/h5-7H,1-4H2,(H,11,15)(H,16,17)(H,12,13,14). The van der Waals surface area contributed by atoms with Gasteiger partial charge >= 0.3 is 5.97 Å². The zero-order chi connectivity index (χ0) is 12.3. The molecule has 2 unspecified atom stereocenters. The number of rotatable bonds is 4. The van der Waals surface area contributed by atoms with Crippen LogP contribution in [0.4, 0.5) is 0 Å². The maximum atomic E-state index is 11.8. The van der Waals surface area contributed by atoms with E-state index < -0.39 is 17.8 Å². The van der Waals surface area contributed by atoms with E-state index in [1.54, 1.807) is 0 Å². The molecule has 0 bridgehead atoms. The molecule has 2 atom stereocenters. The van der Waals surface area contributed by atoms with E-state index >= 15 is 0 Å². The number of hydrogen-bond acceptors (Lipinski definition) is 4. The summed E-state index contributed by atoms with van der Waals surface area (Å²) in [5.41, 5.74) is 0. The zero-order valence-electron chi connectivity index (χ0n) is 9.22. The molecule has 0 saturated heterocycles. The van der Waals surface area contributed by atoms with Crippen molar-refractivity contribution in [1.29, 1.82) is 0 Å². The summed E-state index contributed by atoms with van der Waals surface area (Å²) in [5, 5.41) is 17.9. The zero-order valence-corrected chi connectivity index (χ0v) is 9.22. The van der Waals surface area contributed by atoms with Crippen molar-refractivity contribution < 1.29 is 14.7 Å². The van der Waals surface area contributed by atoms with E-state index in [1.807, 2.05) is 0 Å². The van der Waals surface area contributed by atoms with Crippen LogP contribution in [0.3, 0.4) is 0 Å². The Hall–Kier alpha value is -1.92. The van der Waals surface area contributed by atoms with Crippen LogP contribution in [-0.4, -0.2) is 32.2 Å². The molecule has 7 heteroatoms. The average molecular weight is 238 g/mol. The van der Waals surface area contributed by atoms with Gasteiger partial charge in [0.25, 0.3) is 0 Å². The van der Waals surface area contributed by atoms with Crippen LogP contribution < -0.4 is 5.32 Å². The Balaban J connectivity index is 1.89. The normalized spacial score (nSPS) is 23.5. The predicted octanol–water partition coefficient (Wildman–Crippen LogP) is -0.0782. The largest absolute Gasteiger partial charge is 0.481 e. The molecule has 1 fully saturated rings. The van der Waals surface area contributed by atoms with Gasteiger partial charge in [-0.15, -0.1) is 0 Å². The van der Waals surface area contributed by atoms with Gasteiger partial charge in [0.15, 0.2) is 0 Å². The molecule has 1 heterocycles. The number of nitrogens with zero attached hydrogens (tertiary/aromatic N) is 2. The molecule has 1 aliphatic carbocycles. The Morgan fingerprint density at radius 3 is 2.88 bits per heavy atom. The number of carbonyl (C=O) groups is 2. The molecule has 1 amide bonds. The molecule has 1 saturated carbocycles. The van der Waals surface area contributed by atoms with Crippen molar-refractivity contribution in [2.24, 2.45) is 11.8 Å². The number of aromatic nitrogens is 3. The fourth-order valence-corrected chi connectivity index (χ4v) is 2.19. The summed E-state index contributed by atoms with van der Waals surface area (Å²) >= 11 is 0. The smallest absolute Gasteiger partial charge is 0.307 e. The lowest BCUT2D eigenvalue weighted by Crippen LogP contribution is -2.35. The topological polar surface area (TPSA) is 108 Å². The van der Waals surface area contributed by atoms with Crippen molar-refractivity contribution in [2.45, 2.75) is 25.8 Å². The second-order valence-electron chi connectivity index (χ2n) is 4.13. The maximum Gasteiger partial charge on any atom is 0.307 e. The number of aromatic amines is 1. The van der Waals surface area contributed by atoms with Gasteiger partial charge in [0.2, 0.25) is 5.91 Å². The maximum absolute atomic E-state index is 11.8. The molecule has 17 heavy (non-hydrogen) atoms. The van der Waals surface area contributed by atoms with Crippen molar-refractivity contribution in [3.63, 3.8) is 0 Å². The molecule has 0 aromatic carbocycles. The summed E-state index contributed by atoms with van der Waals surface area (Å²) in [5.74, 6) is -1.52. The second-order valence-corrected chi connectivity index (χ2v) is 4.13. The first-order valence-corrected chi connectivity index (χ1v) is 5.53. The van der Waals surface area contributed by atoms with E-state index in [0.717, 1.165) is 6.42 Å². The number of nitrogens with one attached hydrogen (secondary N) is 2. The van der Waals surface area contributed by atoms with Crippen LogP contribution in [0, 0.1) is 11.8 Å². The lowest BCUT2D eigenvalue weighted by molar-refractivity contribution is -0.146. The minimum atomic E-state index is -0.887. The van der Waals surface area contributed by atoms with Crippen LogP contribution in [0.2, 0.25) is 0 Å². The van der Waals surface area contributed by atoms with Gasteiger partial charge < -0.3 is 10.4 Å². The molecule has 1 aromatic rings. The van der Waals surface area contributed by atoms with E-state index in [0.29, 0.717) is 18.7 Å². The van der Waals surface area contributed by atoms with Crippen molar-refractivity contribution in [2.75, 3.05) is 0 Å². The average Bonchev–Trinajstić information content (AvgIpc) is 2.96. The van der Waals surface area contributed by atoms with Gasteiger partial charge in [-0.2, -0.15) is 5.10 Å². The van der Waals surface area contributed by atoms with Gasteiger partial charge in [0.05, 0.1) is 18.4 Å². The summed E-state index contributed by atoms with van der Waals surface area (Å²) in [7, 11) is 0. The number of H-pyrrole nitrogens is 1. The lowest BCUT2D eigenvalue weighted by atomic mass is 9.95. The minimum absolute atomic E-state index is 0.216. The van der Waals surface area contributed by atoms with Crippen LogP contribution in [-0.2, 0) is 16.1 Å². The Kier molecular flexibility index (Phi) is 3.36. The molecule has 0 spiro atoms. The first-order chi connectivity index (χ1) is 8.18. The third-order valence-corrected chi connectivity index (χ3v) is 3.06. The number of aliphatic carboxylic acids is 1. The molecular weight excluding hydrogens is 224 g/mol. The minimum Gasteiger partial charge on any atom is -0.481 e. The molecule has 1 aliphatic rings. The quantitative estimate of drug-likeness (QED) is 0.680. The summed E-state index contributed by atoms with van der Waals surface area (Å²) in [6.07, 6.45) is 3.36. The molecule has 92 valence electrons. The van der Waals surface area contributed by atoms with Gasteiger partial charge in [-0.3, -0.25) is 14.7 Å². The molecule has 0 radical (unpaired) electrons. The van der Waals surface area contributed by atoms with E-state index in [4.69, 9.17) is 5.11 Å². The SMILES string of the molecule is O=C(O)C1CCCC1C(=O)NCc1ncn[nH]1. The Labute approximate surface area is 97.6 Å². The van der Waals surface area contributed by atoms with Crippen molar-refractivity contribution in [3.05, 3.63) is 12.2 Å². The van der Waals surface area contributed by atoms with E-state index in [9.17, 15) is 9.59 Å². The van der Waals surface area contributed by atoms with Crippen molar-refractivity contribution in [1.82, 2.24) is 20.5 Å². The van der Waals surface area contributed by atoms with Crippen LogP contribution in [0.1, 0.15) is 25.1 Å².